The molecule has 1 aromatic carbocycles. The first-order chi connectivity index (χ1) is 11.3. The number of allylic oxidation sites excluding steroid dienone is 1. The Morgan fingerprint density at radius 1 is 1.46 bits per heavy atom. The zero-order chi connectivity index (χ0) is 18.2. The Kier molecular flexibility index (Phi) is 7.32. The van der Waals surface area contributed by atoms with E-state index in [0.717, 1.165) is 22.4 Å². The number of aliphatic imine (C=N–C) groups is 2. The molecule has 0 unspecified atom stereocenters. The number of hydrogen-bond acceptors (Lipinski definition) is 5. The van der Waals surface area contributed by atoms with E-state index in [-0.39, 0.29) is 13.3 Å². The number of carbonyl (C=O) groups is 1. The summed E-state index contributed by atoms with van der Waals surface area (Å²) in [6.45, 7) is 8.89. The first-order valence-electron chi connectivity index (χ1n) is 7.57. The lowest BCUT2D eigenvalue weighted by Gasteiger charge is -2.17. The summed E-state index contributed by atoms with van der Waals surface area (Å²) >= 11 is 0. The molecule has 0 aliphatic heterocycles. The molecule has 0 atom stereocenters. The van der Waals surface area contributed by atoms with Crippen LogP contribution in [0, 0.1) is 12.3 Å². The normalized spacial score (nSPS) is 12.4. The highest BCUT2D eigenvalue weighted by molar-refractivity contribution is 6.10. The molecule has 0 radical (unpaired) electrons. The highest BCUT2D eigenvalue weighted by Crippen LogP contribution is 2.21. The SMILES string of the molecule is C=N/C=C(\C=N/COCC(C)(C)C(=O)O)c1ccc(NC)cc1C. The average molecular weight is 331 g/mol. The molecule has 24 heavy (non-hydrogen) atoms. The molecule has 0 saturated heterocycles. The van der Waals surface area contributed by atoms with Gasteiger partial charge in [0.1, 0.15) is 6.73 Å². The van der Waals surface area contributed by atoms with Crippen molar-refractivity contribution in [2.75, 3.05) is 25.7 Å². The second-order valence-corrected chi connectivity index (χ2v) is 6.02. The van der Waals surface area contributed by atoms with Gasteiger partial charge >= 0.3 is 5.97 Å². The topological polar surface area (TPSA) is 83.3 Å². The van der Waals surface area contributed by atoms with Crippen molar-refractivity contribution in [1.82, 2.24) is 0 Å². The molecule has 2 N–H and O–H groups in total. The lowest BCUT2D eigenvalue weighted by molar-refractivity contribution is -0.150. The summed E-state index contributed by atoms with van der Waals surface area (Å²) in [7, 11) is 1.87. The van der Waals surface area contributed by atoms with Gasteiger partial charge in [-0.25, -0.2) is 0 Å². The number of nitrogens with zero attached hydrogens (tertiary/aromatic N) is 2. The molecule has 0 amide bonds. The van der Waals surface area contributed by atoms with Crippen LogP contribution in [0.4, 0.5) is 5.69 Å². The molecule has 1 rings (SSSR count). The zero-order valence-corrected chi connectivity index (χ0v) is 14.7. The average Bonchev–Trinajstić information content (AvgIpc) is 2.53. The third kappa shape index (κ3) is 5.62. The van der Waals surface area contributed by atoms with Crippen LogP contribution in [0.3, 0.4) is 0 Å². The molecule has 6 heteroatoms. The van der Waals surface area contributed by atoms with Gasteiger partial charge in [0.05, 0.1) is 12.0 Å². The number of hydrogen-bond donors (Lipinski definition) is 2. The van der Waals surface area contributed by atoms with Crippen molar-refractivity contribution in [2.24, 2.45) is 15.4 Å². The smallest absolute Gasteiger partial charge is 0.311 e. The first-order valence-corrected chi connectivity index (χ1v) is 7.57. The molecular weight excluding hydrogens is 306 g/mol. The van der Waals surface area contributed by atoms with E-state index in [1.54, 1.807) is 26.3 Å². The van der Waals surface area contributed by atoms with E-state index in [1.807, 2.05) is 32.2 Å². The van der Waals surface area contributed by atoms with Crippen LogP contribution in [0.2, 0.25) is 0 Å². The van der Waals surface area contributed by atoms with E-state index in [4.69, 9.17) is 9.84 Å². The van der Waals surface area contributed by atoms with E-state index in [9.17, 15) is 4.79 Å². The number of aliphatic carboxylic acids is 1. The van der Waals surface area contributed by atoms with Gasteiger partial charge < -0.3 is 15.2 Å². The summed E-state index contributed by atoms with van der Waals surface area (Å²) in [6.07, 6.45) is 3.29. The van der Waals surface area contributed by atoms with Crippen LogP contribution in [0.25, 0.3) is 5.57 Å². The Morgan fingerprint density at radius 2 is 2.17 bits per heavy atom. The highest BCUT2D eigenvalue weighted by atomic mass is 16.5. The van der Waals surface area contributed by atoms with Gasteiger partial charge in [-0.1, -0.05) is 6.07 Å². The van der Waals surface area contributed by atoms with Crippen LogP contribution in [0.1, 0.15) is 25.0 Å². The molecule has 130 valence electrons. The summed E-state index contributed by atoms with van der Waals surface area (Å²) in [4.78, 5) is 19.0. The van der Waals surface area contributed by atoms with Crippen molar-refractivity contribution in [1.29, 1.82) is 0 Å². The van der Waals surface area contributed by atoms with Crippen molar-refractivity contribution in [3.05, 3.63) is 35.5 Å². The van der Waals surface area contributed by atoms with Gasteiger partial charge in [0.25, 0.3) is 0 Å². The van der Waals surface area contributed by atoms with Crippen LogP contribution in [-0.2, 0) is 9.53 Å². The van der Waals surface area contributed by atoms with E-state index in [1.165, 1.54) is 0 Å². The van der Waals surface area contributed by atoms with Gasteiger partial charge in [0.2, 0.25) is 0 Å². The van der Waals surface area contributed by atoms with Crippen molar-refractivity contribution < 1.29 is 14.6 Å². The Morgan fingerprint density at radius 3 is 2.71 bits per heavy atom. The standard InChI is InChI=1S/C18H25N3O3/c1-13-8-15(20-5)6-7-16(13)14(9-19-4)10-21-12-24-11-18(2,3)17(22)23/h6-10,20H,4,11-12H2,1-3,5H3,(H,22,23)/b14-9+,21-10-. The predicted molar refractivity (Wildman–Crippen MR) is 99.0 cm³/mol. The molecule has 0 spiro atoms. The van der Waals surface area contributed by atoms with Crippen molar-refractivity contribution in [3.8, 4) is 0 Å². The second-order valence-electron chi connectivity index (χ2n) is 6.02. The molecule has 0 aromatic heterocycles. The van der Waals surface area contributed by atoms with E-state index >= 15 is 0 Å². The molecule has 1 aromatic rings. The quantitative estimate of drug-likeness (QED) is 0.537. The fraction of sp³-hybridized carbons (Fsp3) is 0.389. The summed E-state index contributed by atoms with van der Waals surface area (Å²) in [5.74, 6) is -0.900. The fourth-order valence-corrected chi connectivity index (χ4v) is 1.96. The molecule has 0 aliphatic rings. The highest BCUT2D eigenvalue weighted by Gasteiger charge is 2.27. The lowest BCUT2D eigenvalue weighted by Crippen LogP contribution is -2.29. The van der Waals surface area contributed by atoms with Crippen LogP contribution in [0.5, 0.6) is 0 Å². The van der Waals surface area contributed by atoms with Crippen LogP contribution in [-0.4, -0.2) is 44.4 Å². The number of rotatable bonds is 9. The first kappa shape index (κ1) is 19.6. The van der Waals surface area contributed by atoms with E-state index in [0.29, 0.717) is 0 Å². The molecule has 0 saturated carbocycles. The maximum atomic E-state index is 11.0. The summed E-state index contributed by atoms with van der Waals surface area (Å²) < 4.78 is 5.33. The fourth-order valence-electron chi connectivity index (χ4n) is 1.96. The molecule has 0 fully saturated rings. The minimum absolute atomic E-state index is 0.0822. The number of carboxylic acids is 1. The number of nitrogens with one attached hydrogen (secondary N) is 1. The van der Waals surface area contributed by atoms with Gasteiger partial charge in [-0.05, 0) is 50.7 Å². The molecule has 0 bridgehead atoms. The van der Waals surface area contributed by atoms with Crippen molar-refractivity contribution >= 4 is 30.2 Å². The third-order valence-corrected chi connectivity index (χ3v) is 3.49. The maximum absolute atomic E-state index is 11.0. The number of carboxylic acid groups (broad SMARTS) is 1. The number of aryl methyl sites for hydroxylation is 1. The summed E-state index contributed by atoms with van der Waals surface area (Å²) in [5.41, 5.74) is 2.98. The molecule has 0 aliphatic carbocycles. The zero-order valence-electron chi connectivity index (χ0n) is 14.7. The van der Waals surface area contributed by atoms with Crippen molar-refractivity contribution in [3.63, 3.8) is 0 Å². The minimum atomic E-state index is -0.934. The number of anilines is 1. The van der Waals surface area contributed by atoms with E-state index in [2.05, 4.69) is 22.0 Å². The predicted octanol–water partition coefficient (Wildman–Crippen LogP) is 3.23. The number of ether oxygens (including phenoxy) is 1. The Labute approximate surface area is 143 Å². The van der Waals surface area contributed by atoms with E-state index < -0.39 is 11.4 Å². The second kappa shape index (κ2) is 8.98. The lowest BCUT2D eigenvalue weighted by atomic mass is 9.95. The van der Waals surface area contributed by atoms with Crippen molar-refractivity contribution in [2.45, 2.75) is 20.8 Å². The van der Waals surface area contributed by atoms with Crippen LogP contribution >= 0.6 is 0 Å². The number of benzene rings is 1. The summed E-state index contributed by atoms with van der Waals surface area (Å²) in [5, 5.41) is 12.1. The summed E-state index contributed by atoms with van der Waals surface area (Å²) in [6, 6.07) is 5.99. The van der Waals surface area contributed by atoms with Gasteiger partial charge in [-0.2, -0.15) is 0 Å². The van der Waals surface area contributed by atoms with Gasteiger partial charge in [-0.3, -0.25) is 14.8 Å². The van der Waals surface area contributed by atoms with Crippen LogP contribution < -0.4 is 5.32 Å². The Hall–Kier alpha value is -2.47. The maximum Gasteiger partial charge on any atom is 0.311 e. The Bertz CT molecular complexity index is 649. The molecular formula is C18H25N3O3. The Balaban J connectivity index is 2.76. The molecule has 0 heterocycles. The third-order valence-electron chi connectivity index (χ3n) is 3.49. The monoisotopic (exact) mass is 331 g/mol. The van der Waals surface area contributed by atoms with Gasteiger partial charge in [0.15, 0.2) is 0 Å². The largest absolute Gasteiger partial charge is 0.481 e. The minimum Gasteiger partial charge on any atom is -0.481 e. The molecule has 6 nitrogen and oxygen atoms in total. The van der Waals surface area contributed by atoms with Gasteiger partial charge in [0, 0.05) is 30.7 Å². The van der Waals surface area contributed by atoms with Crippen LogP contribution in [0.15, 0.2) is 34.4 Å². The van der Waals surface area contributed by atoms with Gasteiger partial charge in [-0.15, -0.1) is 0 Å².